The summed E-state index contributed by atoms with van der Waals surface area (Å²) in [6.07, 6.45) is 6.18. The molecular formula is C10H11BrN4. The molecule has 1 N–H and O–H groups in total. The molecule has 2 aromatic heterocycles. The fourth-order valence-corrected chi connectivity index (χ4v) is 2.37. The van der Waals surface area contributed by atoms with Crippen molar-refractivity contribution < 1.29 is 0 Å². The molecule has 0 aromatic carbocycles. The van der Waals surface area contributed by atoms with Gasteiger partial charge in [-0.05, 0) is 41.4 Å². The lowest BCUT2D eigenvalue weighted by atomic mass is 10.1. The first-order chi connectivity index (χ1) is 7.34. The van der Waals surface area contributed by atoms with Crippen molar-refractivity contribution in [3.8, 4) is 0 Å². The lowest BCUT2D eigenvalue weighted by molar-refractivity contribution is 0.627. The first-order valence-electron chi connectivity index (χ1n) is 5.07. The van der Waals surface area contributed by atoms with Gasteiger partial charge in [-0.2, -0.15) is 0 Å². The second kappa shape index (κ2) is 3.57. The maximum Gasteiger partial charge on any atom is 0.234 e. The molecular weight excluding hydrogens is 256 g/mol. The highest BCUT2D eigenvalue weighted by molar-refractivity contribution is 9.10. The van der Waals surface area contributed by atoms with Gasteiger partial charge >= 0.3 is 0 Å². The molecule has 0 amide bonds. The van der Waals surface area contributed by atoms with Crippen LogP contribution in [0.3, 0.4) is 0 Å². The van der Waals surface area contributed by atoms with Crippen LogP contribution in [0.1, 0.15) is 24.6 Å². The van der Waals surface area contributed by atoms with Gasteiger partial charge in [0.1, 0.15) is 4.60 Å². The van der Waals surface area contributed by atoms with E-state index in [1.54, 1.807) is 6.20 Å². The monoisotopic (exact) mass is 266 g/mol. The largest absolute Gasteiger partial charge is 0.309 e. The zero-order chi connectivity index (χ0) is 10.3. The van der Waals surface area contributed by atoms with Gasteiger partial charge < -0.3 is 5.32 Å². The SMILES string of the molecule is Brc1cnc2nc(C3CCCN3)ccn12. The van der Waals surface area contributed by atoms with Crippen molar-refractivity contribution in [1.29, 1.82) is 0 Å². The first kappa shape index (κ1) is 9.30. The van der Waals surface area contributed by atoms with E-state index in [0.29, 0.717) is 6.04 Å². The van der Waals surface area contributed by atoms with Gasteiger partial charge in [-0.3, -0.25) is 4.40 Å². The Hall–Kier alpha value is -0.940. The number of hydrogen-bond donors (Lipinski definition) is 1. The molecule has 3 heterocycles. The molecule has 5 heteroatoms. The summed E-state index contributed by atoms with van der Waals surface area (Å²) in [5, 5.41) is 3.43. The normalized spacial score (nSPS) is 21.3. The van der Waals surface area contributed by atoms with E-state index in [2.05, 4.69) is 37.3 Å². The highest BCUT2D eigenvalue weighted by atomic mass is 79.9. The number of fused-ring (bicyclic) bond motifs is 1. The lowest BCUT2D eigenvalue weighted by Gasteiger charge is -2.08. The smallest absolute Gasteiger partial charge is 0.234 e. The molecule has 78 valence electrons. The Labute approximate surface area is 95.9 Å². The molecule has 4 nitrogen and oxygen atoms in total. The number of aromatic nitrogens is 3. The van der Waals surface area contributed by atoms with E-state index < -0.39 is 0 Å². The van der Waals surface area contributed by atoms with E-state index >= 15 is 0 Å². The van der Waals surface area contributed by atoms with E-state index in [-0.39, 0.29) is 0 Å². The molecule has 1 atom stereocenters. The summed E-state index contributed by atoms with van der Waals surface area (Å²) in [5.74, 6) is 0.757. The Morgan fingerprint density at radius 1 is 1.53 bits per heavy atom. The molecule has 0 aliphatic carbocycles. The van der Waals surface area contributed by atoms with E-state index in [1.807, 2.05) is 10.6 Å². The Kier molecular flexibility index (Phi) is 2.21. The maximum absolute atomic E-state index is 4.54. The third-order valence-electron chi connectivity index (χ3n) is 2.77. The highest BCUT2D eigenvalue weighted by Crippen LogP contribution is 2.22. The van der Waals surface area contributed by atoms with Crippen molar-refractivity contribution in [1.82, 2.24) is 19.7 Å². The summed E-state index contributed by atoms with van der Waals surface area (Å²) in [5.41, 5.74) is 1.10. The minimum atomic E-state index is 0.408. The molecule has 0 saturated carbocycles. The summed E-state index contributed by atoms with van der Waals surface area (Å²) in [7, 11) is 0. The van der Waals surface area contributed by atoms with Crippen molar-refractivity contribution in [2.45, 2.75) is 18.9 Å². The number of imidazole rings is 1. The Balaban J connectivity index is 2.05. The molecule has 2 aromatic rings. The maximum atomic E-state index is 4.54. The summed E-state index contributed by atoms with van der Waals surface area (Å²) >= 11 is 3.42. The molecule has 1 aliphatic rings. The molecule has 15 heavy (non-hydrogen) atoms. The second-order valence-corrected chi connectivity index (χ2v) is 4.56. The number of halogens is 1. The van der Waals surface area contributed by atoms with Crippen LogP contribution in [0.25, 0.3) is 5.78 Å². The van der Waals surface area contributed by atoms with Gasteiger partial charge in [-0.1, -0.05) is 0 Å². The van der Waals surface area contributed by atoms with Gasteiger partial charge in [0, 0.05) is 12.2 Å². The Morgan fingerprint density at radius 3 is 3.27 bits per heavy atom. The van der Waals surface area contributed by atoms with Gasteiger partial charge in [0.15, 0.2) is 0 Å². The third kappa shape index (κ3) is 1.55. The minimum Gasteiger partial charge on any atom is -0.309 e. The Morgan fingerprint density at radius 2 is 2.47 bits per heavy atom. The summed E-state index contributed by atoms with van der Waals surface area (Å²) < 4.78 is 2.87. The quantitative estimate of drug-likeness (QED) is 0.858. The Bertz CT molecular complexity index is 487. The van der Waals surface area contributed by atoms with Crippen LogP contribution in [0.2, 0.25) is 0 Å². The molecule has 1 aliphatic heterocycles. The van der Waals surface area contributed by atoms with Gasteiger partial charge in [0.05, 0.1) is 11.9 Å². The topological polar surface area (TPSA) is 42.2 Å². The number of rotatable bonds is 1. The van der Waals surface area contributed by atoms with Crippen molar-refractivity contribution in [3.05, 3.63) is 28.8 Å². The van der Waals surface area contributed by atoms with Gasteiger partial charge in [-0.25, -0.2) is 9.97 Å². The van der Waals surface area contributed by atoms with Crippen molar-refractivity contribution in [2.24, 2.45) is 0 Å². The average Bonchev–Trinajstić information content (AvgIpc) is 2.88. The second-order valence-electron chi connectivity index (χ2n) is 3.75. The van der Waals surface area contributed by atoms with Crippen LogP contribution >= 0.6 is 15.9 Å². The van der Waals surface area contributed by atoms with Crippen LogP contribution in [0.4, 0.5) is 0 Å². The van der Waals surface area contributed by atoms with Crippen LogP contribution < -0.4 is 5.32 Å². The molecule has 0 radical (unpaired) electrons. The standard InChI is InChI=1S/C10H11BrN4/c11-9-6-13-10-14-8(3-5-15(9)10)7-2-1-4-12-7/h3,5-7,12H,1-2,4H2. The average molecular weight is 267 g/mol. The fourth-order valence-electron chi connectivity index (χ4n) is 1.99. The molecule has 1 saturated heterocycles. The van der Waals surface area contributed by atoms with Crippen LogP contribution in [0, 0.1) is 0 Å². The predicted octanol–water partition coefficient (Wildman–Crippen LogP) is 1.92. The van der Waals surface area contributed by atoms with Crippen LogP contribution in [0.5, 0.6) is 0 Å². The first-order valence-corrected chi connectivity index (χ1v) is 5.87. The zero-order valence-corrected chi connectivity index (χ0v) is 9.74. The van der Waals surface area contributed by atoms with Crippen molar-refractivity contribution in [2.75, 3.05) is 6.54 Å². The highest BCUT2D eigenvalue weighted by Gasteiger charge is 2.17. The lowest BCUT2D eigenvalue weighted by Crippen LogP contribution is -2.14. The molecule has 3 rings (SSSR count). The number of hydrogen-bond acceptors (Lipinski definition) is 3. The minimum absolute atomic E-state index is 0.408. The van der Waals surface area contributed by atoms with Gasteiger partial charge in [0.2, 0.25) is 5.78 Å². The van der Waals surface area contributed by atoms with Crippen molar-refractivity contribution in [3.63, 3.8) is 0 Å². The summed E-state index contributed by atoms with van der Waals surface area (Å²) in [4.78, 5) is 8.76. The van der Waals surface area contributed by atoms with Crippen molar-refractivity contribution >= 4 is 21.7 Å². The van der Waals surface area contributed by atoms with Crippen LogP contribution in [-0.2, 0) is 0 Å². The fraction of sp³-hybridized carbons (Fsp3) is 0.400. The number of nitrogens with zero attached hydrogens (tertiary/aromatic N) is 3. The van der Waals surface area contributed by atoms with E-state index in [1.165, 1.54) is 12.8 Å². The molecule has 0 bridgehead atoms. The molecule has 1 unspecified atom stereocenters. The molecule has 0 spiro atoms. The van der Waals surface area contributed by atoms with E-state index in [0.717, 1.165) is 22.6 Å². The summed E-state index contributed by atoms with van der Waals surface area (Å²) in [6.45, 7) is 1.09. The van der Waals surface area contributed by atoms with Crippen LogP contribution in [0.15, 0.2) is 23.1 Å². The van der Waals surface area contributed by atoms with Crippen LogP contribution in [-0.4, -0.2) is 20.9 Å². The van der Waals surface area contributed by atoms with E-state index in [9.17, 15) is 0 Å². The molecule has 1 fully saturated rings. The summed E-state index contributed by atoms with van der Waals surface area (Å²) in [6, 6.07) is 2.47. The van der Waals surface area contributed by atoms with Gasteiger partial charge in [0.25, 0.3) is 0 Å². The van der Waals surface area contributed by atoms with Gasteiger partial charge in [-0.15, -0.1) is 0 Å². The predicted molar refractivity (Wildman–Crippen MR) is 60.7 cm³/mol. The zero-order valence-electron chi connectivity index (χ0n) is 8.15. The number of nitrogens with one attached hydrogen (secondary N) is 1. The van der Waals surface area contributed by atoms with E-state index in [4.69, 9.17) is 0 Å². The third-order valence-corrected chi connectivity index (χ3v) is 3.36.